The van der Waals surface area contributed by atoms with Crippen molar-refractivity contribution in [2.24, 2.45) is 0 Å². The van der Waals surface area contributed by atoms with E-state index in [0.29, 0.717) is 0 Å². The summed E-state index contributed by atoms with van der Waals surface area (Å²) in [6.45, 7) is 2.04. The predicted octanol–water partition coefficient (Wildman–Crippen LogP) is 2.91. The number of halogens is 1. The van der Waals surface area contributed by atoms with Crippen LogP contribution in [0.4, 0.5) is 0 Å². The predicted molar refractivity (Wildman–Crippen MR) is 56.9 cm³/mol. The van der Waals surface area contributed by atoms with Gasteiger partial charge in [-0.2, -0.15) is 0 Å². The minimum Gasteiger partial charge on any atom is -0.497 e. The summed E-state index contributed by atoms with van der Waals surface area (Å²) < 4.78 is 10.4. The normalized spacial score (nSPS) is 9.85. The molecule has 0 fully saturated rings. The monoisotopic (exact) mass is 244 g/mol. The van der Waals surface area contributed by atoms with Crippen molar-refractivity contribution in [3.8, 4) is 11.5 Å². The van der Waals surface area contributed by atoms with Crippen LogP contribution < -0.4 is 9.47 Å². The second-order valence-corrected chi connectivity index (χ2v) is 3.32. The van der Waals surface area contributed by atoms with Gasteiger partial charge in [0.25, 0.3) is 0 Å². The topological polar surface area (TPSA) is 18.5 Å². The number of benzene rings is 1. The van der Waals surface area contributed by atoms with Gasteiger partial charge in [0.15, 0.2) is 0 Å². The maximum absolute atomic E-state index is 5.25. The average Bonchev–Trinajstić information content (AvgIpc) is 2.16. The maximum atomic E-state index is 5.25. The standard InChI is InChI=1S/C10H13BrO2/c1-7-4-8(12-2)5-10(13-3)9(7)6-11/h4-5H,6H2,1-3H3. The zero-order chi connectivity index (χ0) is 9.84. The second-order valence-electron chi connectivity index (χ2n) is 2.76. The van der Waals surface area contributed by atoms with Gasteiger partial charge >= 0.3 is 0 Å². The summed E-state index contributed by atoms with van der Waals surface area (Å²) in [5.74, 6) is 1.70. The van der Waals surface area contributed by atoms with Crippen LogP contribution in [0.25, 0.3) is 0 Å². The fourth-order valence-electron chi connectivity index (χ4n) is 1.22. The zero-order valence-corrected chi connectivity index (χ0v) is 9.64. The molecule has 0 radical (unpaired) electrons. The number of hydrogen-bond donors (Lipinski definition) is 0. The molecule has 0 aliphatic carbocycles. The molecular formula is C10H13BrO2. The van der Waals surface area contributed by atoms with E-state index in [4.69, 9.17) is 9.47 Å². The van der Waals surface area contributed by atoms with Crippen LogP contribution in [0, 0.1) is 6.92 Å². The van der Waals surface area contributed by atoms with Crippen LogP contribution in [0.2, 0.25) is 0 Å². The Kier molecular flexibility index (Phi) is 3.60. The fraction of sp³-hybridized carbons (Fsp3) is 0.400. The lowest BCUT2D eigenvalue weighted by atomic mass is 10.1. The molecule has 1 aromatic carbocycles. The van der Waals surface area contributed by atoms with Crippen LogP contribution in [0.15, 0.2) is 12.1 Å². The molecule has 0 aliphatic heterocycles. The molecule has 13 heavy (non-hydrogen) atoms. The third-order valence-corrected chi connectivity index (χ3v) is 2.56. The summed E-state index contributed by atoms with van der Waals surface area (Å²) in [6, 6.07) is 3.89. The third-order valence-electron chi connectivity index (χ3n) is 1.99. The van der Waals surface area contributed by atoms with Crippen molar-refractivity contribution in [3.05, 3.63) is 23.3 Å². The van der Waals surface area contributed by atoms with Gasteiger partial charge in [-0.05, 0) is 18.6 Å². The van der Waals surface area contributed by atoms with E-state index in [-0.39, 0.29) is 0 Å². The molecule has 72 valence electrons. The van der Waals surface area contributed by atoms with Gasteiger partial charge in [0.2, 0.25) is 0 Å². The van der Waals surface area contributed by atoms with Gasteiger partial charge in [0.1, 0.15) is 11.5 Å². The van der Waals surface area contributed by atoms with E-state index in [9.17, 15) is 0 Å². The molecule has 0 heterocycles. The minimum absolute atomic E-state index is 0.798. The van der Waals surface area contributed by atoms with E-state index in [2.05, 4.69) is 15.9 Å². The average molecular weight is 245 g/mol. The van der Waals surface area contributed by atoms with Crippen molar-refractivity contribution in [2.45, 2.75) is 12.3 Å². The Bertz CT molecular complexity index is 297. The van der Waals surface area contributed by atoms with Crippen LogP contribution in [0.3, 0.4) is 0 Å². The van der Waals surface area contributed by atoms with Gasteiger partial charge in [0.05, 0.1) is 14.2 Å². The Balaban J connectivity index is 3.20. The summed E-state index contributed by atoms with van der Waals surface area (Å²) in [7, 11) is 3.32. The lowest BCUT2D eigenvalue weighted by Gasteiger charge is -2.11. The highest BCUT2D eigenvalue weighted by atomic mass is 79.9. The van der Waals surface area contributed by atoms with Crippen molar-refractivity contribution < 1.29 is 9.47 Å². The number of hydrogen-bond acceptors (Lipinski definition) is 2. The zero-order valence-electron chi connectivity index (χ0n) is 8.06. The highest BCUT2D eigenvalue weighted by Crippen LogP contribution is 2.29. The molecule has 0 aliphatic rings. The van der Waals surface area contributed by atoms with Crippen molar-refractivity contribution >= 4 is 15.9 Å². The molecule has 1 aromatic rings. The van der Waals surface area contributed by atoms with E-state index < -0.39 is 0 Å². The van der Waals surface area contributed by atoms with Crippen LogP contribution in [0.1, 0.15) is 11.1 Å². The number of methoxy groups -OCH3 is 2. The molecule has 0 N–H and O–H groups in total. The minimum atomic E-state index is 0.798. The molecule has 0 saturated heterocycles. The van der Waals surface area contributed by atoms with Gasteiger partial charge < -0.3 is 9.47 Å². The molecule has 0 amide bonds. The van der Waals surface area contributed by atoms with E-state index in [1.807, 2.05) is 19.1 Å². The molecule has 0 bridgehead atoms. The molecule has 2 nitrogen and oxygen atoms in total. The second kappa shape index (κ2) is 4.51. The lowest BCUT2D eigenvalue weighted by Crippen LogP contribution is -1.94. The number of ether oxygens (including phenoxy) is 2. The Morgan fingerprint density at radius 1 is 1.23 bits per heavy atom. The highest BCUT2D eigenvalue weighted by Gasteiger charge is 2.07. The molecule has 3 heteroatoms. The van der Waals surface area contributed by atoms with E-state index in [1.54, 1.807) is 14.2 Å². The van der Waals surface area contributed by atoms with E-state index in [1.165, 1.54) is 11.1 Å². The van der Waals surface area contributed by atoms with Crippen LogP contribution in [-0.4, -0.2) is 14.2 Å². The smallest absolute Gasteiger partial charge is 0.126 e. The Morgan fingerprint density at radius 3 is 2.38 bits per heavy atom. The molecule has 0 atom stereocenters. The maximum Gasteiger partial charge on any atom is 0.126 e. The quantitative estimate of drug-likeness (QED) is 0.762. The molecular weight excluding hydrogens is 232 g/mol. The van der Waals surface area contributed by atoms with Gasteiger partial charge in [-0.1, -0.05) is 15.9 Å². The van der Waals surface area contributed by atoms with Gasteiger partial charge in [0, 0.05) is 17.0 Å². The SMILES string of the molecule is COc1cc(C)c(CBr)c(OC)c1. The first-order chi connectivity index (χ1) is 6.22. The Morgan fingerprint density at radius 2 is 1.92 bits per heavy atom. The number of aryl methyl sites for hydroxylation is 1. The first-order valence-corrected chi connectivity index (χ1v) is 5.12. The number of rotatable bonds is 3. The van der Waals surface area contributed by atoms with E-state index >= 15 is 0 Å². The highest BCUT2D eigenvalue weighted by molar-refractivity contribution is 9.08. The first kappa shape index (κ1) is 10.4. The van der Waals surface area contributed by atoms with Gasteiger partial charge in [-0.15, -0.1) is 0 Å². The number of alkyl halides is 1. The molecule has 0 saturated carbocycles. The van der Waals surface area contributed by atoms with Crippen molar-refractivity contribution in [2.75, 3.05) is 14.2 Å². The Hall–Kier alpha value is -0.700. The summed E-state index contributed by atoms with van der Waals surface area (Å²) >= 11 is 3.43. The van der Waals surface area contributed by atoms with Gasteiger partial charge in [-0.3, -0.25) is 0 Å². The van der Waals surface area contributed by atoms with Crippen molar-refractivity contribution in [1.82, 2.24) is 0 Å². The summed E-state index contributed by atoms with van der Waals surface area (Å²) in [5.41, 5.74) is 2.34. The van der Waals surface area contributed by atoms with Gasteiger partial charge in [-0.25, -0.2) is 0 Å². The Labute approximate surface area is 87.0 Å². The van der Waals surface area contributed by atoms with Crippen molar-refractivity contribution in [1.29, 1.82) is 0 Å². The summed E-state index contributed by atoms with van der Waals surface area (Å²) in [5, 5.41) is 0.798. The van der Waals surface area contributed by atoms with E-state index in [0.717, 1.165) is 16.8 Å². The summed E-state index contributed by atoms with van der Waals surface area (Å²) in [4.78, 5) is 0. The van der Waals surface area contributed by atoms with Crippen molar-refractivity contribution in [3.63, 3.8) is 0 Å². The molecule has 1 rings (SSSR count). The van der Waals surface area contributed by atoms with Crippen LogP contribution >= 0.6 is 15.9 Å². The largest absolute Gasteiger partial charge is 0.497 e. The van der Waals surface area contributed by atoms with Crippen LogP contribution in [-0.2, 0) is 5.33 Å². The lowest BCUT2D eigenvalue weighted by molar-refractivity contribution is 0.391. The molecule has 0 aromatic heterocycles. The van der Waals surface area contributed by atoms with Crippen LogP contribution in [0.5, 0.6) is 11.5 Å². The summed E-state index contributed by atoms with van der Waals surface area (Å²) in [6.07, 6.45) is 0. The molecule has 0 unspecified atom stereocenters. The molecule has 0 spiro atoms. The fourth-order valence-corrected chi connectivity index (χ4v) is 1.94. The first-order valence-electron chi connectivity index (χ1n) is 4.00. The third kappa shape index (κ3) is 2.15.